The molecule has 1 aromatic carbocycles. The van der Waals surface area contributed by atoms with E-state index in [-0.39, 0.29) is 30.1 Å². The number of carbonyl (C=O) groups excluding carboxylic acids is 1. The number of thioether (sulfide) groups is 1. The lowest BCUT2D eigenvalue weighted by atomic mass is 10.2. The fraction of sp³-hybridized carbons (Fsp3) is 0.421. The molecule has 1 aromatic heterocycles. The van der Waals surface area contributed by atoms with Gasteiger partial charge in [-0.15, -0.1) is 16.8 Å². The molecule has 0 fully saturated rings. The Hall–Kier alpha value is -2.35. The van der Waals surface area contributed by atoms with Crippen LogP contribution < -0.4 is 10.1 Å². The van der Waals surface area contributed by atoms with Crippen LogP contribution in [0.4, 0.5) is 4.39 Å². The lowest BCUT2D eigenvalue weighted by molar-refractivity contribution is -0.119. The number of nitrogens with zero attached hydrogens (tertiary/aromatic N) is 3. The molecule has 1 amide bonds. The molecule has 0 atom stereocenters. The van der Waals surface area contributed by atoms with Gasteiger partial charge in [-0.05, 0) is 37.1 Å². The molecule has 1 heterocycles. The van der Waals surface area contributed by atoms with E-state index in [1.165, 1.54) is 23.9 Å². The van der Waals surface area contributed by atoms with Gasteiger partial charge in [0.25, 0.3) is 0 Å². The zero-order valence-corrected chi connectivity index (χ0v) is 16.5. The van der Waals surface area contributed by atoms with Crippen LogP contribution in [-0.4, -0.2) is 32.5 Å². The van der Waals surface area contributed by atoms with Gasteiger partial charge in [0.1, 0.15) is 18.2 Å². The summed E-state index contributed by atoms with van der Waals surface area (Å²) in [5, 5.41) is 11.9. The Morgan fingerprint density at radius 2 is 2.04 bits per heavy atom. The van der Waals surface area contributed by atoms with Crippen LogP contribution in [-0.2, 0) is 17.9 Å². The van der Waals surface area contributed by atoms with Crippen LogP contribution in [0.15, 0.2) is 42.1 Å². The second-order valence-corrected chi connectivity index (χ2v) is 6.85. The fourth-order valence-corrected chi connectivity index (χ4v) is 3.19. The number of hydrogen-bond acceptors (Lipinski definition) is 5. The molecule has 8 heteroatoms. The third-order valence-corrected chi connectivity index (χ3v) is 4.94. The van der Waals surface area contributed by atoms with E-state index in [0.717, 1.165) is 12.8 Å². The van der Waals surface area contributed by atoms with E-state index < -0.39 is 0 Å². The van der Waals surface area contributed by atoms with Gasteiger partial charge in [0.15, 0.2) is 11.0 Å². The van der Waals surface area contributed by atoms with Crippen molar-refractivity contribution in [1.29, 1.82) is 0 Å². The molecular formula is C19H25FN4O2S. The molecule has 0 unspecified atom stereocenters. The number of rotatable bonds is 11. The number of amides is 1. The van der Waals surface area contributed by atoms with Crippen LogP contribution in [0.1, 0.15) is 32.5 Å². The molecule has 0 saturated heterocycles. The van der Waals surface area contributed by atoms with Gasteiger partial charge in [-0.3, -0.25) is 9.36 Å². The quantitative estimate of drug-likeness (QED) is 0.468. The minimum atomic E-state index is -0.317. The minimum absolute atomic E-state index is 0.0223. The van der Waals surface area contributed by atoms with Gasteiger partial charge in [0.05, 0.1) is 5.75 Å². The van der Waals surface area contributed by atoms with Crippen molar-refractivity contribution in [2.24, 2.45) is 0 Å². The highest BCUT2D eigenvalue weighted by Gasteiger charge is 2.15. The summed E-state index contributed by atoms with van der Waals surface area (Å²) in [6.45, 7) is 8.55. The Balaban J connectivity index is 1.97. The fourth-order valence-electron chi connectivity index (χ4n) is 2.42. The van der Waals surface area contributed by atoms with E-state index >= 15 is 0 Å². The van der Waals surface area contributed by atoms with Crippen molar-refractivity contribution in [1.82, 2.24) is 20.1 Å². The summed E-state index contributed by atoms with van der Waals surface area (Å²) < 4.78 is 20.5. The second-order valence-electron chi connectivity index (χ2n) is 5.91. The Morgan fingerprint density at radius 3 is 2.67 bits per heavy atom. The lowest BCUT2D eigenvalue weighted by Gasteiger charge is -2.14. The largest absolute Gasteiger partial charge is 0.486 e. The predicted octanol–water partition coefficient (Wildman–Crippen LogP) is 3.58. The maximum Gasteiger partial charge on any atom is 0.230 e. The zero-order valence-electron chi connectivity index (χ0n) is 15.7. The normalized spacial score (nSPS) is 10.8. The average Bonchev–Trinajstić information content (AvgIpc) is 3.06. The van der Waals surface area contributed by atoms with Crippen LogP contribution >= 0.6 is 11.8 Å². The number of nitrogens with one attached hydrogen (secondary N) is 1. The number of allylic oxidation sites excluding steroid dienone is 1. The van der Waals surface area contributed by atoms with Crippen molar-refractivity contribution in [3.8, 4) is 5.75 Å². The zero-order chi connectivity index (χ0) is 19.6. The molecule has 0 radical (unpaired) electrons. The maximum atomic E-state index is 13.0. The molecule has 1 N–H and O–H groups in total. The number of aromatic nitrogens is 3. The van der Waals surface area contributed by atoms with E-state index in [1.807, 2.05) is 4.57 Å². The first-order valence-electron chi connectivity index (χ1n) is 8.90. The summed E-state index contributed by atoms with van der Waals surface area (Å²) in [6, 6.07) is 5.99. The van der Waals surface area contributed by atoms with E-state index in [2.05, 4.69) is 35.9 Å². The van der Waals surface area contributed by atoms with Gasteiger partial charge in [0.2, 0.25) is 5.91 Å². The monoisotopic (exact) mass is 392 g/mol. The molecule has 0 spiro atoms. The van der Waals surface area contributed by atoms with Gasteiger partial charge in [-0.1, -0.05) is 31.7 Å². The predicted molar refractivity (Wildman–Crippen MR) is 104 cm³/mol. The first-order chi connectivity index (χ1) is 13.1. The molecule has 6 nitrogen and oxygen atoms in total. The van der Waals surface area contributed by atoms with Crippen molar-refractivity contribution in [2.45, 2.75) is 51.0 Å². The summed E-state index contributed by atoms with van der Waals surface area (Å²) >= 11 is 1.33. The molecule has 0 aliphatic rings. The van der Waals surface area contributed by atoms with Gasteiger partial charge in [-0.25, -0.2) is 4.39 Å². The van der Waals surface area contributed by atoms with Crippen LogP contribution in [0.3, 0.4) is 0 Å². The minimum Gasteiger partial charge on any atom is -0.486 e. The third kappa shape index (κ3) is 6.39. The van der Waals surface area contributed by atoms with Crippen LogP contribution in [0.25, 0.3) is 0 Å². The standard InChI is InChI=1S/C19H25FN4O2S/c1-4-11-24-17(12-26-16-9-7-14(20)8-10-16)22-23-19(24)27-13-18(25)21-15(5-2)6-3/h4,7-10,15H,1,5-6,11-13H2,2-3H3,(H,21,25). The Kier molecular flexibility index (Phi) is 8.32. The molecule has 2 aromatic rings. The van der Waals surface area contributed by atoms with Gasteiger partial charge < -0.3 is 10.1 Å². The summed E-state index contributed by atoms with van der Waals surface area (Å²) in [6.07, 6.45) is 3.55. The molecule has 0 aliphatic carbocycles. The molecular weight excluding hydrogens is 367 g/mol. The number of halogens is 1. The molecule has 0 aliphatic heterocycles. The summed E-state index contributed by atoms with van der Waals surface area (Å²) in [7, 11) is 0. The van der Waals surface area contributed by atoms with Gasteiger partial charge in [0, 0.05) is 12.6 Å². The first kappa shape index (κ1) is 21.0. The maximum absolute atomic E-state index is 13.0. The Labute approximate surface area is 163 Å². The summed E-state index contributed by atoms with van der Waals surface area (Å²) in [4.78, 5) is 12.1. The Morgan fingerprint density at radius 1 is 1.33 bits per heavy atom. The highest BCUT2D eigenvalue weighted by molar-refractivity contribution is 7.99. The molecule has 0 bridgehead atoms. The number of hydrogen-bond donors (Lipinski definition) is 1. The van der Waals surface area contributed by atoms with Crippen LogP contribution in [0.2, 0.25) is 0 Å². The van der Waals surface area contributed by atoms with Crippen molar-refractivity contribution in [2.75, 3.05) is 5.75 Å². The van der Waals surface area contributed by atoms with E-state index in [4.69, 9.17) is 4.74 Å². The third-order valence-electron chi connectivity index (χ3n) is 3.97. The van der Waals surface area contributed by atoms with E-state index in [1.54, 1.807) is 18.2 Å². The Bertz CT molecular complexity index is 745. The smallest absolute Gasteiger partial charge is 0.230 e. The van der Waals surface area contributed by atoms with Gasteiger partial charge >= 0.3 is 0 Å². The highest BCUT2D eigenvalue weighted by Crippen LogP contribution is 2.19. The van der Waals surface area contributed by atoms with Crippen LogP contribution in [0, 0.1) is 5.82 Å². The highest BCUT2D eigenvalue weighted by atomic mass is 32.2. The van der Waals surface area contributed by atoms with E-state index in [9.17, 15) is 9.18 Å². The van der Waals surface area contributed by atoms with Crippen molar-refractivity contribution < 1.29 is 13.9 Å². The van der Waals surface area contributed by atoms with Crippen molar-refractivity contribution in [3.05, 3.63) is 48.6 Å². The van der Waals surface area contributed by atoms with Gasteiger partial charge in [-0.2, -0.15) is 0 Å². The number of ether oxygens (including phenoxy) is 1. The SMILES string of the molecule is C=CCn1c(COc2ccc(F)cc2)nnc1SCC(=O)NC(CC)CC. The van der Waals surface area contributed by atoms with Crippen molar-refractivity contribution >= 4 is 17.7 Å². The molecule has 27 heavy (non-hydrogen) atoms. The summed E-state index contributed by atoms with van der Waals surface area (Å²) in [5.41, 5.74) is 0. The molecule has 0 saturated carbocycles. The van der Waals surface area contributed by atoms with Crippen molar-refractivity contribution in [3.63, 3.8) is 0 Å². The summed E-state index contributed by atoms with van der Waals surface area (Å²) in [5.74, 6) is 1.09. The molecule has 2 rings (SSSR count). The molecule has 146 valence electrons. The lowest BCUT2D eigenvalue weighted by Crippen LogP contribution is -2.35. The second kappa shape index (κ2) is 10.7. The average molecular weight is 393 g/mol. The number of benzene rings is 1. The van der Waals surface area contributed by atoms with Crippen LogP contribution in [0.5, 0.6) is 5.75 Å². The number of carbonyl (C=O) groups is 1. The topological polar surface area (TPSA) is 69.0 Å². The van der Waals surface area contributed by atoms with E-state index in [0.29, 0.717) is 23.3 Å². The first-order valence-corrected chi connectivity index (χ1v) is 9.89.